The van der Waals surface area contributed by atoms with Crippen molar-refractivity contribution in [2.75, 3.05) is 37.7 Å². The molecule has 3 unspecified atom stereocenters. The highest BCUT2D eigenvalue weighted by atomic mass is 32.2. The fourth-order valence-electron chi connectivity index (χ4n) is 2.38. The quantitative estimate of drug-likeness (QED) is 0.761. The first kappa shape index (κ1) is 14.1. The molecule has 0 spiro atoms. The second-order valence-electron chi connectivity index (χ2n) is 4.66. The predicted octanol–water partition coefficient (Wildman–Crippen LogP) is 1.07. The smallest absolute Gasteiger partial charge is 0.0362 e. The molecule has 0 aromatic heterocycles. The number of nitrogens with one attached hydrogen (secondary N) is 1. The van der Waals surface area contributed by atoms with Gasteiger partial charge in [-0.1, -0.05) is 20.8 Å². The third-order valence-electron chi connectivity index (χ3n) is 3.41. The monoisotopic (exact) mass is 246 g/mol. The Morgan fingerprint density at radius 2 is 2.19 bits per heavy atom. The topological polar surface area (TPSA) is 32.3 Å². The van der Waals surface area contributed by atoms with E-state index in [4.69, 9.17) is 0 Å². The first-order chi connectivity index (χ1) is 7.67. The van der Waals surface area contributed by atoms with Gasteiger partial charge in [0.2, 0.25) is 0 Å². The van der Waals surface area contributed by atoms with Gasteiger partial charge in [0.25, 0.3) is 0 Å². The second kappa shape index (κ2) is 7.41. The molecule has 0 radical (unpaired) electrons. The number of likely N-dealkylation sites (tertiary alicyclic amines) is 1. The molecule has 3 nitrogen and oxygen atoms in total. The van der Waals surface area contributed by atoms with E-state index in [1.54, 1.807) is 0 Å². The van der Waals surface area contributed by atoms with Crippen LogP contribution in [0.3, 0.4) is 0 Å². The molecular formula is C12H26N2OS. The lowest BCUT2D eigenvalue weighted by Crippen LogP contribution is -2.49. The molecule has 0 saturated carbocycles. The van der Waals surface area contributed by atoms with E-state index < -0.39 is 10.8 Å². The van der Waals surface area contributed by atoms with E-state index in [1.807, 2.05) is 6.92 Å². The molecule has 1 rings (SSSR count). The van der Waals surface area contributed by atoms with Crippen LogP contribution < -0.4 is 5.32 Å². The van der Waals surface area contributed by atoms with Crippen molar-refractivity contribution in [2.24, 2.45) is 5.92 Å². The molecule has 1 N–H and O–H groups in total. The summed E-state index contributed by atoms with van der Waals surface area (Å²) in [5, 5.41) is 3.54. The van der Waals surface area contributed by atoms with Gasteiger partial charge in [-0.25, -0.2) is 0 Å². The summed E-state index contributed by atoms with van der Waals surface area (Å²) in [6.07, 6.45) is 1.23. The lowest BCUT2D eigenvalue weighted by Gasteiger charge is -2.37. The van der Waals surface area contributed by atoms with Crippen LogP contribution in [0, 0.1) is 5.92 Å². The van der Waals surface area contributed by atoms with Gasteiger partial charge in [-0.2, -0.15) is 0 Å². The zero-order valence-corrected chi connectivity index (χ0v) is 11.7. The molecule has 0 aromatic carbocycles. The fourth-order valence-corrected chi connectivity index (χ4v) is 3.13. The molecule has 0 bridgehead atoms. The van der Waals surface area contributed by atoms with Gasteiger partial charge in [-0.3, -0.25) is 4.21 Å². The number of hydrogen-bond acceptors (Lipinski definition) is 3. The van der Waals surface area contributed by atoms with Crippen LogP contribution in [0.2, 0.25) is 0 Å². The summed E-state index contributed by atoms with van der Waals surface area (Å²) in [5.41, 5.74) is 0. The van der Waals surface area contributed by atoms with Gasteiger partial charge >= 0.3 is 0 Å². The lowest BCUT2D eigenvalue weighted by atomic mass is 9.94. The fraction of sp³-hybridized carbons (Fsp3) is 1.00. The molecule has 1 fully saturated rings. The van der Waals surface area contributed by atoms with Crippen LogP contribution in [0.25, 0.3) is 0 Å². The SMILES string of the molecule is CCNC1CCN(CCS(=O)CC)CC1C. The minimum Gasteiger partial charge on any atom is -0.314 e. The maximum atomic E-state index is 11.4. The summed E-state index contributed by atoms with van der Waals surface area (Å²) in [4.78, 5) is 2.46. The highest BCUT2D eigenvalue weighted by Gasteiger charge is 2.24. The van der Waals surface area contributed by atoms with Crippen LogP contribution in [0.5, 0.6) is 0 Å². The zero-order valence-electron chi connectivity index (χ0n) is 10.9. The van der Waals surface area contributed by atoms with Crippen molar-refractivity contribution in [1.82, 2.24) is 10.2 Å². The Morgan fingerprint density at radius 1 is 1.44 bits per heavy atom. The van der Waals surface area contributed by atoms with Crippen molar-refractivity contribution < 1.29 is 4.21 Å². The van der Waals surface area contributed by atoms with Crippen molar-refractivity contribution in [3.63, 3.8) is 0 Å². The molecular weight excluding hydrogens is 220 g/mol. The molecule has 1 heterocycles. The number of nitrogens with zero attached hydrogens (tertiary/aromatic N) is 1. The van der Waals surface area contributed by atoms with Crippen molar-refractivity contribution in [1.29, 1.82) is 0 Å². The van der Waals surface area contributed by atoms with E-state index in [1.165, 1.54) is 6.42 Å². The summed E-state index contributed by atoms with van der Waals surface area (Å²) < 4.78 is 11.4. The van der Waals surface area contributed by atoms with E-state index in [2.05, 4.69) is 24.1 Å². The normalized spacial score (nSPS) is 29.2. The van der Waals surface area contributed by atoms with Gasteiger partial charge in [0.15, 0.2) is 0 Å². The maximum absolute atomic E-state index is 11.4. The van der Waals surface area contributed by atoms with Crippen molar-refractivity contribution in [3.05, 3.63) is 0 Å². The second-order valence-corrected chi connectivity index (χ2v) is 6.53. The molecule has 0 amide bonds. The van der Waals surface area contributed by atoms with E-state index >= 15 is 0 Å². The van der Waals surface area contributed by atoms with E-state index in [0.29, 0.717) is 12.0 Å². The van der Waals surface area contributed by atoms with Crippen LogP contribution >= 0.6 is 0 Å². The Morgan fingerprint density at radius 3 is 2.75 bits per heavy atom. The Bertz CT molecular complexity index is 223. The number of rotatable bonds is 6. The molecule has 1 saturated heterocycles. The van der Waals surface area contributed by atoms with E-state index in [9.17, 15) is 4.21 Å². The van der Waals surface area contributed by atoms with Crippen molar-refractivity contribution in [2.45, 2.75) is 33.2 Å². The molecule has 0 aliphatic carbocycles. The third-order valence-corrected chi connectivity index (χ3v) is 4.69. The maximum Gasteiger partial charge on any atom is 0.0362 e. The lowest BCUT2D eigenvalue weighted by molar-refractivity contribution is 0.156. The first-order valence-corrected chi connectivity index (χ1v) is 7.96. The summed E-state index contributed by atoms with van der Waals surface area (Å²) in [6.45, 7) is 10.9. The predicted molar refractivity (Wildman–Crippen MR) is 71.2 cm³/mol. The minimum atomic E-state index is -0.609. The van der Waals surface area contributed by atoms with Crippen molar-refractivity contribution >= 4 is 10.8 Å². The first-order valence-electron chi connectivity index (χ1n) is 6.48. The Labute approximate surface area is 102 Å². The van der Waals surface area contributed by atoms with Gasteiger partial charge < -0.3 is 10.2 Å². The van der Waals surface area contributed by atoms with E-state index in [-0.39, 0.29) is 0 Å². The third kappa shape index (κ3) is 4.52. The van der Waals surface area contributed by atoms with E-state index in [0.717, 1.165) is 37.7 Å². The largest absolute Gasteiger partial charge is 0.314 e. The Hall–Kier alpha value is 0.0700. The summed E-state index contributed by atoms with van der Waals surface area (Å²) in [5.74, 6) is 2.35. The summed E-state index contributed by atoms with van der Waals surface area (Å²) in [6, 6.07) is 0.679. The summed E-state index contributed by atoms with van der Waals surface area (Å²) >= 11 is 0. The average Bonchev–Trinajstić information content (AvgIpc) is 2.29. The van der Waals surface area contributed by atoms with Crippen LogP contribution in [-0.4, -0.2) is 52.8 Å². The molecule has 1 aliphatic rings. The highest BCUT2D eigenvalue weighted by Crippen LogP contribution is 2.16. The van der Waals surface area contributed by atoms with Crippen LogP contribution in [-0.2, 0) is 10.8 Å². The zero-order chi connectivity index (χ0) is 12.0. The van der Waals surface area contributed by atoms with Crippen LogP contribution in [0.1, 0.15) is 27.2 Å². The van der Waals surface area contributed by atoms with Gasteiger partial charge in [0.1, 0.15) is 0 Å². The Balaban J connectivity index is 2.25. The van der Waals surface area contributed by atoms with Crippen molar-refractivity contribution in [3.8, 4) is 0 Å². The average molecular weight is 246 g/mol. The highest BCUT2D eigenvalue weighted by molar-refractivity contribution is 7.84. The van der Waals surface area contributed by atoms with Gasteiger partial charge in [-0.15, -0.1) is 0 Å². The minimum absolute atomic E-state index is 0.609. The van der Waals surface area contributed by atoms with Gasteiger partial charge in [0, 0.05) is 41.4 Å². The molecule has 1 aliphatic heterocycles. The number of hydrogen-bond donors (Lipinski definition) is 1. The van der Waals surface area contributed by atoms with Crippen LogP contribution in [0.4, 0.5) is 0 Å². The summed E-state index contributed by atoms with van der Waals surface area (Å²) in [7, 11) is -0.609. The standard InChI is InChI=1S/C12H26N2OS/c1-4-13-12-6-7-14(10-11(12)3)8-9-16(15)5-2/h11-13H,4-10H2,1-3H3. The van der Waals surface area contributed by atoms with Crippen LogP contribution in [0.15, 0.2) is 0 Å². The molecule has 3 atom stereocenters. The number of piperidine rings is 1. The van der Waals surface area contributed by atoms with Gasteiger partial charge in [-0.05, 0) is 25.4 Å². The molecule has 4 heteroatoms. The molecule has 16 heavy (non-hydrogen) atoms. The molecule has 96 valence electrons. The molecule has 0 aromatic rings. The van der Waals surface area contributed by atoms with Gasteiger partial charge in [0.05, 0.1) is 0 Å². The Kier molecular flexibility index (Phi) is 6.54.